The number of aliphatic hydroxyl groups is 1. The van der Waals surface area contributed by atoms with E-state index in [0.717, 1.165) is 29.7 Å². The fraction of sp³-hybridized carbons (Fsp3) is 0.412. The van der Waals surface area contributed by atoms with Crippen molar-refractivity contribution in [2.45, 2.75) is 32.4 Å². The van der Waals surface area contributed by atoms with Gasteiger partial charge in [0.2, 0.25) is 0 Å². The summed E-state index contributed by atoms with van der Waals surface area (Å²) in [7, 11) is 0. The van der Waals surface area contributed by atoms with Crippen LogP contribution in [0.5, 0.6) is 0 Å². The van der Waals surface area contributed by atoms with Crippen molar-refractivity contribution in [1.29, 1.82) is 0 Å². The molecule has 1 aromatic heterocycles. The zero-order chi connectivity index (χ0) is 16.2. The van der Waals surface area contributed by atoms with Crippen LogP contribution in [-0.4, -0.2) is 45.0 Å². The Balaban J connectivity index is 1.59. The molecule has 3 rings (SSSR count). The number of aromatic nitrogens is 2. The van der Waals surface area contributed by atoms with E-state index in [9.17, 15) is 4.79 Å². The molecule has 2 amide bonds. The van der Waals surface area contributed by atoms with E-state index in [1.165, 1.54) is 0 Å². The average molecular weight is 314 g/mol. The van der Waals surface area contributed by atoms with Gasteiger partial charge in [0, 0.05) is 24.5 Å². The summed E-state index contributed by atoms with van der Waals surface area (Å²) in [4.78, 5) is 14.0. The molecule has 122 valence electrons. The number of nitrogens with one attached hydrogen (secondary N) is 1. The first-order valence-corrected chi connectivity index (χ1v) is 7.92. The highest BCUT2D eigenvalue weighted by atomic mass is 16.3. The fourth-order valence-electron chi connectivity index (χ4n) is 2.57. The smallest absolute Gasteiger partial charge is 0.322 e. The monoisotopic (exact) mass is 314 g/mol. The van der Waals surface area contributed by atoms with Crippen molar-refractivity contribution in [3.8, 4) is 0 Å². The highest BCUT2D eigenvalue weighted by Crippen LogP contribution is 2.27. The van der Waals surface area contributed by atoms with Gasteiger partial charge in [-0.25, -0.2) is 4.79 Å². The van der Waals surface area contributed by atoms with Gasteiger partial charge in [-0.05, 0) is 43.0 Å². The van der Waals surface area contributed by atoms with Crippen molar-refractivity contribution in [3.05, 3.63) is 47.8 Å². The molecule has 0 aliphatic heterocycles. The summed E-state index contributed by atoms with van der Waals surface area (Å²) >= 11 is 0. The molecule has 23 heavy (non-hydrogen) atoms. The molecule has 0 spiro atoms. The third kappa shape index (κ3) is 4.10. The second kappa shape index (κ2) is 6.83. The van der Waals surface area contributed by atoms with Crippen LogP contribution in [0.1, 0.15) is 24.0 Å². The SMILES string of the molecule is Cc1cnn(Cc2ccc(NC(=O)N(CCO)C3CC3)cc2)c1. The lowest BCUT2D eigenvalue weighted by atomic mass is 10.2. The molecule has 0 bridgehead atoms. The van der Waals surface area contributed by atoms with Crippen LogP contribution < -0.4 is 5.32 Å². The second-order valence-corrected chi connectivity index (χ2v) is 5.99. The molecule has 2 aromatic rings. The van der Waals surface area contributed by atoms with E-state index in [0.29, 0.717) is 13.1 Å². The van der Waals surface area contributed by atoms with Crippen LogP contribution in [0.3, 0.4) is 0 Å². The third-order valence-corrected chi connectivity index (χ3v) is 3.90. The number of carbonyl (C=O) groups excluding carboxylic acids is 1. The predicted octanol–water partition coefficient (Wildman–Crippen LogP) is 2.23. The molecule has 0 radical (unpaired) electrons. The lowest BCUT2D eigenvalue weighted by molar-refractivity contribution is 0.185. The molecular formula is C17H22N4O2. The maximum absolute atomic E-state index is 12.3. The molecular weight excluding hydrogens is 292 g/mol. The number of aryl methyl sites for hydroxylation is 1. The van der Waals surface area contributed by atoms with E-state index in [1.807, 2.05) is 48.3 Å². The van der Waals surface area contributed by atoms with Crippen molar-refractivity contribution in [1.82, 2.24) is 14.7 Å². The summed E-state index contributed by atoms with van der Waals surface area (Å²) in [6.07, 6.45) is 5.88. The Bertz CT molecular complexity index is 661. The first kappa shape index (κ1) is 15.6. The zero-order valence-corrected chi connectivity index (χ0v) is 13.3. The Morgan fingerprint density at radius 2 is 2.13 bits per heavy atom. The molecule has 1 aliphatic carbocycles. The molecule has 1 fully saturated rings. The van der Waals surface area contributed by atoms with Crippen molar-refractivity contribution in [2.24, 2.45) is 0 Å². The minimum atomic E-state index is -0.142. The summed E-state index contributed by atoms with van der Waals surface area (Å²) in [5.41, 5.74) is 3.03. The number of anilines is 1. The number of benzene rings is 1. The fourth-order valence-corrected chi connectivity index (χ4v) is 2.57. The average Bonchev–Trinajstić information content (AvgIpc) is 3.29. The van der Waals surface area contributed by atoms with Gasteiger partial charge in [-0.2, -0.15) is 5.10 Å². The van der Waals surface area contributed by atoms with Gasteiger partial charge in [-0.15, -0.1) is 0 Å². The summed E-state index contributed by atoms with van der Waals surface area (Å²) in [6.45, 7) is 3.10. The van der Waals surface area contributed by atoms with Gasteiger partial charge in [0.15, 0.2) is 0 Å². The predicted molar refractivity (Wildman–Crippen MR) is 88.3 cm³/mol. The van der Waals surface area contributed by atoms with Gasteiger partial charge in [-0.3, -0.25) is 4.68 Å². The first-order valence-electron chi connectivity index (χ1n) is 7.92. The normalized spacial score (nSPS) is 13.8. The highest BCUT2D eigenvalue weighted by molar-refractivity contribution is 5.89. The lowest BCUT2D eigenvalue weighted by Gasteiger charge is -2.21. The Hall–Kier alpha value is -2.34. The van der Waals surface area contributed by atoms with Crippen molar-refractivity contribution in [2.75, 3.05) is 18.5 Å². The summed E-state index contributed by atoms with van der Waals surface area (Å²) in [5.74, 6) is 0. The highest BCUT2D eigenvalue weighted by Gasteiger charge is 2.32. The largest absolute Gasteiger partial charge is 0.395 e. The summed E-state index contributed by atoms with van der Waals surface area (Å²) < 4.78 is 1.89. The molecule has 0 atom stereocenters. The molecule has 1 aliphatic rings. The number of carbonyl (C=O) groups is 1. The Kier molecular flexibility index (Phi) is 4.62. The van der Waals surface area contributed by atoms with Gasteiger partial charge in [-0.1, -0.05) is 12.1 Å². The minimum Gasteiger partial charge on any atom is -0.395 e. The van der Waals surface area contributed by atoms with E-state index < -0.39 is 0 Å². The van der Waals surface area contributed by atoms with Crippen molar-refractivity contribution < 1.29 is 9.90 Å². The zero-order valence-electron chi connectivity index (χ0n) is 13.3. The minimum absolute atomic E-state index is 0.00779. The molecule has 1 aromatic carbocycles. The van der Waals surface area contributed by atoms with Crippen molar-refractivity contribution >= 4 is 11.7 Å². The van der Waals surface area contributed by atoms with Gasteiger partial charge in [0.1, 0.15) is 0 Å². The van der Waals surface area contributed by atoms with E-state index in [-0.39, 0.29) is 18.7 Å². The maximum Gasteiger partial charge on any atom is 0.322 e. The molecule has 0 unspecified atom stereocenters. The van der Waals surface area contributed by atoms with Crippen LogP contribution in [0.25, 0.3) is 0 Å². The number of hydrogen-bond acceptors (Lipinski definition) is 3. The van der Waals surface area contributed by atoms with Crippen LogP contribution in [0.15, 0.2) is 36.7 Å². The molecule has 6 heteroatoms. The Morgan fingerprint density at radius 3 is 2.70 bits per heavy atom. The van der Waals surface area contributed by atoms with Crippen LogP contribution in [0.2, 0.25) is 0 Å². The van der Waals surface area contributed by atoms with Crippen molar-refractivity contribution in [3.63, 3.8) is 0 Å². The lowest BCUT2D eigenvalue weighted by Crippen LogP contribution is -2.38. The molecule has 0 saturated heterocycles. The number of rotatable bonds is 6. The van der Waals surface area contributed by atoms with Gasteiger partial charge in [0.25, 0.3) is 0 Å². The Labute approximate surface area is 135 Å². The summed E-state index contributed by atoms with van der Waals surface area (Å²) in [5, 5.41) is 16.2. The van der Waals surface area contributed by atoms with E-state index in [4.69, 9.17) is 5.11 Å². The standard InChI is InChI=1S/C17H22N4O2/c1-13-10-18-20(11-13)12-14-2-4-15(5-3-14)19-17(23)21(8-9-22)16-6-7-16/h2-5,10-11,16,22H,6-9,12H2,1H3,(H,19,23). The summed E-state index contributed by atoms with van der Waals surface area (Å²) in [6, 6.07) is 7.91. The topological polar surface area (TPSA) is 70.4 Å². The number of amides is 2. The first-order chi connectivity index (χ1) is 11.2. The van der Waals surface area contributed by atoms with Gasteiger partial charge < -0.3 is 15.3 Å². The van der Waals surface area contributed by atoms with Crippen LogP contribution >= 0.6 is 0 Å². The number of hydrogen-bond donors (Lipinski definition) is 2. The number of aliphatic hydroxyl groups excluding tert-OH is 1. The maximum atomic E-state index is 12.3. The molecule has 2 N–H and O–H groups in total. The van der Waals surface area contributed by atoms with E-state index >= 15 is 0 Å². The van der Waals surface area contributed by atoms with E-state index in [1.54, 1.807) is 4.90 Å². The second-order valence-electron chi connectivity index (χ2n) is 5.99. The van der Waals surface area contributed by atoms with E-state index in [2.05, 4.69) is 10.4 Å². The van der Waals surface area contributed by atoms with Crippen LogP contribution in [0.4, 0.5) is 10.5 Å². The molecule has 6 nitrogen and oxygen atoms in total. The van der Waals surface area contributed by atoms with Crippen LogP contribution in [0, 0.1) is 6.92 Å². The Morgan fingerprint density at radius 1 is 1.39 bits per heavy atom. The number of urea groups is 1. The van der Waals surface area contributed by atoms with Gasteiger partial charge >= 0.3 is 6.03 Å². The van der Waals surface area contributed by atoms with Gasteiger partial charge in [0.05, 0.1) is 19.3 Å². The third-order valence-electron chi connectivity index (χ3n) is 3.90. The number of nitrogens with zero attached hydrogens (tertiary/aromatic N) is 3. The van der Waals surface area contributed by atoms with Crippen LogP contribution in [-0.2, 0) is 6.54 Å². The molecule has 1 saturated carbocycles. The molecule has 1 heterocycles. The quantitative estimate of drug-likeness (QED) is 0.859.